The summed E-state index contributed by atoms with van der Waals surface area (Å²) < 4.78 is 5.62. The summed E-state index contributed by atoms with van der Waals surface area (Å²) in [7, 11) is 0. The van der Waals surface area contributed by atoms with Crippen molar-refractivity contribution in [2.24, 2.45) is 17.1 Å². The maximum atomic E-state index is 12.0. The highest BCUT2D eigenvalue weighted by Gasteiger charge is 2.34. The molecule has 0 aliphatic heterocycles. The van der Waals surface area contributed by atoms with Crippen molar-refractivity contribution in [1.82, 2.24) is 0 Å². The van der Waals surface area contributed by atoms with Crippen LogP contribution in [-0.2, 0) is 9.53 Å². The summed E-state index contributed by atoms with van der Waals surface area (Å²) in [6.07, 6.45) is 7.43. The highest BCUT2D eigenvalue weighted by Crippen LogP contribution is 2.37. The molecule has 0 aromatic carbocycles. The number of rotatable bonds is 2. The molecule has 2 rings (SSSR count). The van der Waals surface area contributed by atoms with Crippen LogP contribution in [0.2, 0.25) is 0 Å². The van der Waals surface area contributed by atoms with E-state index in [-0.39, 0.29) is 24.0 Å². The van der Waals surface area contributed by atoms with E-state index in [1.165, 1.54) is 0 Å². The first-order chi connectivity index (χ1) is 7.98. The fraction of sp³-hybridized carbons (Fsp3) is 0.929. The van der Waals surface area contributed by atoms with Gasteiger partial charge in [0.25, 0.3) is 0 Å². The Morgan fingerprint density at radius 2 is 1.82 bits per heavy atom. The van der Waals surface area contributed by atoms with E-state index in [0.717, 1.165) is 44.9 Å². The Kier molecular flexibility index (Phi) is 3.76. The minimum atomic E-state index is -0.0419. The SMILES string of the molecule is CC1(C)CCC(OC(=O)C2CCCC2N)CC1. The molecule has 0 saturated heterocycles. The molecule has 0 spiro atoms. The fourth-order valence-corrected chi connectivity index (χ4v) is 3.02. The standard InChI is InChI=1S/C14H25NO2/c1-14(2)8-6-10(7-9-14)17-13(16)11-4-3-5-12(11)15/h10-12H,3-9,15H2,1-2H3. The second kappa shape index (κ2) is 4.97. The van der Waals surface area contributed by atoms with Crippen LogP contribution < -0.4 is 5.73 Å². The van der Waals surface area contributed by atoms with Crippen molar-refractivity contribution < 1.29 is 9.53 Å². The normalized spacial score (nSPS) is 33.6. The molecular formula is C14H25NO2. The molecule has 0 aromatic rings. The van der Waals surface area contributed by atoms with Gasteiger partial charge in [-0.05, 0) is 43.9 Å². The number of hydrogen-bond acceptors (Lipinski definition) is 3. The summed E-state index contributed by atoms with van der Waals surface area (Å²) in [4.78, 5) is 12.0. The van der Waals surface area contributed by atoms with Crippen LogP contribution in [0.3, 0.4) is 0 Å². The number of carbonyl (C=O) groups excluding carboxylic acids is 1. The molecule has 0 radical (unpaired) electrons. The molecule has 0 heterocycles. The Hall–Kier alpha value is -0.570. The first kappa shape index (κ1) is 12.9. The molecular weight excluding hydrogens is 214 g/mol. The van der Waals surface area contributed by atoms with Gasteiger partial charge in [0.15, 0.2) is 0 Å². The van der Waals surface area contributed by atoms with Crippen molar-refractivity contribution in [3.8, 4) is 0 Å². The van der Waals surface area contributed by atoms with Gasteiger partial charge in [-0.25, -0.2) is 0 Å². The van der Waals surface area contributed by atoms with Crippen LogP contribution >= 0.6 is 0 Å². The molecule has 2 saturated carbocycles. The summed E-state index contributed by atoms with van der Waals surface area (Å²) in [6, 6.07) is 0.0301. The molecule has 2 unspecified atom stereocenters. The average molecular weight is 239 g/mol. The van der Waals surface area contributed by atoms with Gasteiger partial charge in [-0.3, -0.25) is 4.79 Å². The van der Waals surface area contributed by atoms with E-state index < -0.39 is 0 Å². The molecule has 0 aromatic heterocycles. The van der Waals surface area contributed by atoms with Crippen molar-refractivity contribution in [2.45, 2.75) is 70.9 Å². The Balaban J connectivity index is 1.80. The third kappa shape index (κ3) is 3.21. The largest absolute Gasteiger partial charge is 0.462 e. The summed E-state index contributed by atoms with van der Waals surface area (Å²) in [5.41, 5.74) is 6.35. The molecule has 0 amide bonds. The van der Waals surface area contributed by atoms with Crippen LogP contribution in [0.15, 0.2) is 0 Å². The van der Waals surface area contributed by atoms with E-state index in [0.29, 0.717) is 5.41 Å². The van der Waals surface area contributed by atoms with E-state index in [9.17, 15) is 4.79 Å². The van der Waals surface area contributed by atoms with E-state index in [4.69, 9.17) is 10.5 Å². The molecule has 3 nitrogen and oxygen atoms in total. The minimum absolute atomic E-state index is 0.0301. The molecule has 17 heavy (non-hydrogen) atoms. The molecule has 2 fully saturated rings. The fourth-order valence-electron chi connectivity index (χ4n) is 3.02. The van der Waals surface area contributed by atoms with E-state index in [1.807, 2.05) is 0 Å². The van der Waals surface area contributed by atoms with Crippen LogP contribution in [0.4, 0.5) is 0 Å². The van der Waals surface area contributed by atoms with Gasteiger partial charge in [-0.1, -0.05) is 20.3 Å². The summed E-state index contributed by atoms with van der Waals surface area (Å²) in [6.45, 7) is 4.58. The maximum absolute atomic E-state index is 12.0. The van der Waals surface area contributed by atoms with Gasteiger partial charge >= 0.3 is 5.97 Å². The van der Waals surface area contributed by atoms with Crippen molar-refractivity contribution in [3.05, 3.63) is 0 Å². The van der Waals surface area contributed by atoms with Crippen LogP contribution in [0.25, 0.3) is 0 Å². The van der Waals surface area contributed by atoms with Gasteiger partial charge in [0.1, 0.15) is 6.10 Å². The monoisotopic (exact) mass is 239 g/mol. The van der Waals surface area contributed by atoms with Crippen molar-refractivity contribution in [2.75, 3.05) is 0 Å². The van der Waals surface area contributed by atoms with Gasteiger partial charge in [-0.2, -0.15) is 0 Å². The van der Waals surface area contributed by atoms with Crippen LogP contribution in [0, 0.1) is 11.3 Å². The average Bonchev–Trinajstić information content (AvgIpc) is 2.68. The lowest BCUT2D eigenvalue weighted by atomic mass is 9.76. The van der Waals surface area contributed by atoms with E-state index in [2.05, 4.69) is 13.8 Å². The number of carbonyl (C=O) groups is 1. The summed E-state index contributed by atoms with van der Waals surface area (Å²) in [5, 5.41) is 0. The number of ether oxygens (including phenoxy) is 1. The van der Waals surface area contributed by atoms with Gasteiger partial charge in [0, 0.05) is 6.04 Å². The molecule has 3 heteroatoms. The molecule has 2 aliphatic carbocycles. The second-order valence-electron chi connectivity index (χ2n) is 6.50. The predicted octanol–water partition coefficient (Wildman–Crippen LogP) is 2.63. The zero-order chi connectivity index (χ0) is 12.5. The highest BCUT2D eigenvalue weighted by molar-refractivity contribution is 5.73. The van der Waals surface area contributed by atoms with Crippen molar-refractivity contribution in [1.29, 1.82) is 0 Å². The lowest BCUT2D eigenvalue weighted by Gasteiger charge is -2.34. The molecule has 2 N–H and O–H groups in total. The first-order valence-electron chi connectivity index (χ1n) is 6.94. The Labute approximate surface area is 104 Å². The lowest BCUT2D eigenvalue weighted by molar-refractivity contribution is -0.156. The minimum Gasteiger partial charge on any atom is -0.462 e. The van der Waals surface area contributed by atoms with E-state index in [1.54, 1.807) is 0 Å². The Morgan fingerprint density at radius 3 is 2.35 bits per heavy atom. The Bertz CT molecular complexity index is 278. The Morgan fingerprint density at radius 1 is 1.18 bits per heavy atom. The third-order valence-electron chi connectivity index (χ3n) is 4.44. The number of nitrogens with two attached hydrogens (primary N) is 1. The lowest BCUT2D eigenvalue weighted by Crippen LogP contribution is -2.35. The quantitative estimate of drug-likeness (QED) is 0.754. The highest BCUT2D eigenvalue weighted by atomic mass is 16.5. The van der Waals surface area contributed by atoms with Crippen LogP contribution in [0.1, 0.15) is 58.8 Å². The second-order valence-corrected chi connectivity index (χ2v) is 6.50. The van der Waals surface area contributed by atoms with E-state index >= 15 is 0 Å². The number of esters is 1. The molecule has 2 atom stereocenters. The molecule has 0 bridgehead atoms. The summed E-state index contributed by atoms with van der Waals surface area (Å²) in [5.74, 6) is -0.0790. The van der Waals surface area contributed by atoms with Gasteiger partial charge < -0.3 is 10.5 Å². The number of hydrogen-bond donors (Lipinski definition) is 1. The zero-order valence-corrected chi connectivity index (χ0v) is 11.1. The third-order valence-corrected chi connectivity index (χ3v) is 4.44. The topological polar surface area (TPSA) is 52.3 Å². The zero-order valence-electron chi connectivity index (χ0n) is 11.1. The van der Waals surface area contributed by atoms with Crippen molar-refractivity contribution in [3.63, 3.8) is 0 Å². The first-order valence-corrected chi connectivity index (χ1v) is 6.94. The summed E-state index contributed by atoms with van der Waals surface area (Å²) >= 11 is 0. The van der Waals surface area contributed by atoms with Gasteiger partial charge in [-0.15, -0.1) is 0 Å². The predicted molar refractivity (Wildman–Crippen MR) is 67.4 cm³/mol. The molecule has 2 aliphatic rings. The molecule has 98 valence electrons. The smallest absolute Gasteiger partial charge is 0.310 e. The van der Waals surface area contributed by atoms with Crippen LogP contribution in [-0.4, -0.2) is 18.1 Å². The van der Waals surface area contributed by atoms with Crippen LogP contribution in [0.5, 0.6) is 0 Å². The van der Waals surface area contributed by atoms with Gasteiger partial charge in [0.2, 0.25) is 0 Å². The maximum Gasteiger partial charge on any atom is 0.310 e. The van der Waals surface area contributed by atoms with Crippen molar-refractivity contribution >= 4 is 5.97 Å². The van der Waals surface area contributed by atoms with Gasteiger partial charge in [0.05, 0.1) is 5.92 Å².